The van der Waals surface area contributed by atoms with Gasteiger partial charge < -0.3 is 15.0 Å². The predicted molar refractivity (Wildman–Crippen MR) is 62.1 cm³/mol. The van der Waals surface area contributed by atoms with Crippen LogP contribution in [0, 0.1) is 0 Å². The van der Waals surface area contributed by atoms with Gasteiger partial charge in [-0.1, -0.05) is 0 Å². The molecule has 2 rings (SSSR count). The quantitative estimate of drug-likeness (QED) is 0.694. The number of hydrogen-bond acceptors (Lipinski definition) is 3. The molecule has 1 N–H and O–H groups in total. The van der Waals surface area contributed by atoms with E-state index >= 15 is 0 Å². The van der Waals surface area contributed by atoms with Crippen molar-refractivity contribution in [3.8, 4) is 0 Å². The molecule has 3 heteroatoms. The summed E-state index contributed by atoms with van der Waals surface area (Å²) in [4.78, 5) is 2.63. The summed E-state index contributed by atoms with van der Waals surface area (Å²) in [5, 5.41) is 3.72. The molecule has 2 bridgehead atoms. The van der Waals surface area contributed by atoms with Gasteiger partial charge in [-0.15, -0.1) is 0 Å². The number of nitrogens with one attached hydrogen (secondary N) is 1. The van der Waals surface area contributed by atoms with Crippen LogP contribution >= 0.6 is 0 Å². The lowest BCUT2D eigenvalue weighted by Gasteiger charge is -2.23. The molecular formula is C12H24N2O. The van der Waals surface area contributed by atoms with Crippen molar-refractivity contribution < 1.29 is 4.74 Å². The summed E-state index contributed by atoms with van der Waals surface area (Å²) in [5.41, 5.74) is 0. The Morgan fingerprint density at radius 3 is 2.93 bits per heavy atom. The van der Waals surface area contributed by atoms with Crippen LogP contribution < -0.4 is 5.32 Å². The molecule has 2 saturated heterocycles. The average Bonchev–Trinajstić information content (AvgIpc) is 2.56. The molecule has 2 heterocycles. The number of nitrogens with zero attached hydrogens (tertiary/aromatic N) is 1. The van der Waals surface area contributed by atoms with Crippen LogP contribution in [0.15, 0.2) is 0 Å². The Morgan fingerprint density at radius 2 is 2.07 bits per heavy atom. The maximum Gasteiger partial charge on any atom is 0.0462 e. The largest absolute Gasteiger partial charge is 0.385 e. The molecule has 3 nitrogen and oxygen atoms in total. The molecule has 2 aliphatic heterocycles. The first-order chi connectivity index (χ1) is 7.38. The van der Waals surface area contributed by atoms with Crippen LogP contribution in [0.5, 0.6) is 0 Å². The van der Waals surface area contributed by atoms with Crippen LogP contribution in [0.4, 0.5) is 0 Å². The normalized spacial score (nSPS) is 31.8. The highest BCUT2D eigenvalue weighted by Gasteiger charge is 2.28. The van der Waals surface area contributed by atoms with Crippen LogP contribution in [0.25, 0.3) is 0 Å². The Hall–Kier alpha value is -0.120. The van der Waals surface area contributed by atoms with Gasteiger partial charge in [0.2, 0.25) is 0 Å². The van der Waals surface area contributed by atoms with Gasteiger partial charge in [0.15, 0.2) is 0 Å². The summed E-state index contributed by atoms with van der Waals surface area (Å²) in [6.07, 6.45) is 6.63. The first kappa shape index (κ1) is 11.4. The van der Waals surface area contributed by atoms with Crippen LogP contribution in [0.3, 0.4) is 0 Å². The number of unbranched alkanes of at least 4 members (excludes halogenated alkanes) is 1. The first-order valence-corrected chi connectivity index (χ1v) is 6.36. The Kier molecular flexibility index (Phi) is 4.42. The van der Waals surface area contributed by atoms with Crippen molar-refractivity contribution in [3.63, 3.8) is 0 Å². The minimum atomic E-state index is 0.778. The van der Waals surface area contributed by atoms with Crippen molar-refractivity contribution in [2.75, 3.05) is 33.4 Å². The Labute approximate surface area is 93.2 Å². The molecule has 0 spiro atoms. The lowest BCUT2D eigenvalue weighted by atomic mass is 10.1. The predicted octanol–water partition coefficient (Wildman–Crippen LogP) is 1.24. The van der Waals surface area contributed by atoms with E-state index in [2.05, 4.69) is 10.2 Å². The molecule has 0 radical (unpaired) electrons. The van der Waals surface area contributed by atoms with E-state index in [1.165, 1.54) is 51.7 Å². The van der Waals surface area contributed by atoms with Crippen molar-refractivity contribution in [3.05, 3.63) is 0 Å². The molecular weight excluding hydrogens is 188 g/mol. The molecule has 0 amide bonds. The van der Waals surface area contributed by atoms with Crippen molar-refractivity contribution in [1.82, 2.24) is 10.2 Å². The van der Waals surface area contributed by atoms with Gasteiger partial charge in [-0.25, -0.2) is 0 Å². The molecule has 2 atom stereocenters. The molecule has 0 aromatic carbocycles. The van der Waals surface area contributed by atoms with Gasteiger partial charge >= 0.3 is 0 Å². The standard InChI is InChI=1S/C12H24N2O/c1-15-9-3-2-7-14-8-6-11-4-5-12(10-14)13-11/h11-13H,2-10H2,1H3. The van der Waals surface area contributed by atoms with Gasteiger partial charge in [0.1, 0.15) is 0 Å². The molecule has 0 aromatic heterocycles. The Morgan fingerprint density at radius 1 is 1.20 bits per heavy atom. The fourth-order valence-electron chi connectivity index (χ4n) is 2.80. The van der Waals surface area contributed by atoms with Gasteiger partial charge in [0.25, 0.3) is 0 Å². The Bertz CT molecular complexity index is 186. The van der Waals surface area contributed by atoms with Crippen LogP contribution in [-0.4, -0.2) is 50.3 Å². The summed E-state index contributed by atoms with van der Waals surface area (Å²) in [7, 11) is 1.79. The zero-order valence-corrected chi connectivity index (χ0v) is 9.87. The van der Waals surface area contributed by atoms with E-state index in [0.29, 0.717) is 0 Å². The third-order valence-electron chi connectivity index (χ3n) is 3.68. The molecule has 0 aromatic rings. The number of rotatable bonds is 5. The second kappa shape index (κ2) is 5.83. The van der Waals surface area contributed by atoms with Gasteiger partial charge in [-0.05, 0) is 45.2 Å². The molecule has 15 heavy (non-hydrogen) atoms. The number of ether oxygens (including phenoxy) is 1. The second-order valence-electron chi connectivity index (χ2n) is 4.93. The van der Waals surface area contributed by atoms with Gasteiger partial charge in [-0.2, -0.15) is 0 Å². The highest BCUT2D eigenvalue weighted by atomic mass is 16.5. The van der Waals surface area contributed by atoms with E-state index in [4.69, 9.17) is 4.74 Å². The summed E-state index contributed by atoms with van der Waals surface area (Å²) in [6, 6.07) is 1.60. The van der Waals surface area contributed by atoms with Crippen molar-refractivity contribution in [2.24, 2.45) is 0 Å². The molecule has 88 valence electrons. The summed E-state index contributed by atoms with van der Waals surface area (Å²) >= 11 is 0. The highest BCUT2D eigenvalue weighted by Crippen LogP contribution is 2.20. The van der Waals surface area contributed by atoms with E-state index in [-0.39, 0.29) is 0 Å². The van der Waals surface area contributed by atoms with Crippen molar-refractivity contribution in [1.29, 1.82) is 0 Å². The highest BCUT2D eigenvalue weighted by molar-refractivity contribution is 4.89. The monoisotopic (exact) mass is 212 g/mol. The molecule has 2 unspecified atom stereocenters. The van der Waals surface area contributed by atoms with Gasteiger partial charge in [0, 0.05) is 32.3 Å². The zero-order chi connectivity index (χ0) is 10.5. The molecule has 2 aliphatic rings. The van der Waals surface area contributed by atoms with E-state index in [0.717, 1.165) is 18.7 Å². The molecule has 0 aliphatic carbocycles. The maximum atomic E-state index is 5.07. The number of hydrogen-bond donors (Lipinski definition) is 1. The van der Waals surface area contributed by atoms with Gasteiger partial charge in [0.05, 0.1) is 0 Å². The van der Waals surface area contributed by atoms with E-state index in [1.807, 2.05) is 0 Å². The fraction of sp³-hybridized carbons (Fsp3) is 1.00. The second-order valence-corrected chi connectivity index (χ2v) is 4.93. The molecule has 0 saturated carbocycles. The summed E-state index contributed by atoms with van der Waals surface area (Å²) in [6.45, 7) is 4.73. The lowest BCUT2D eigenvalue weighted by Crippen LogP contribution is -2.35. The van der Waals surface area contributed by atoms with E-state index in [1.54, 1.807) is 7.11 Å². The van der Waals surface area contributed by atoms with E-state index < -0.39 is 0 Å². The fourth-order valence-corrected chi connectivity index (χ4v) is 2.80. The smallest absolute Gasteiger partial charge is 0.0462 e. The number of methoxy groups -OCH3 is 1. The summed E-state index contributed by atoms with van der Waals surface area (Å²) in [5.74, 6) is 0. The minimum Gasteiger partial charge on any atom is -0.385 e. The molecule has 2 fully saturated rings. The minimum absolute atomic E-state index is 0.778. The lowest BCUT2D eigenvalue weighted by molar-refractivity contribution is 0.182. The average molecular weight is 212 g/mol. The van der Waals surface area contributed by atoms with Crippen LogP contribution in [0.2, 0.25) is 0 Å². The third-order valence-corrected chi connectivity index (χ3v) is 3.68. The van der Waals surface area contributed by atoms with Crippen LogP contribution in [-0.2, 0) is 4.74 Å². The topological polar surface area (TPSA) is 24.5 Å². The maximum absolute atomic E-state index is 5.07. The first-order valence-electron chi connectivity index (χ1n) is 6.36. The zero-order valence-electron chi connectivity index (χ0n) is 9.87. The Balaban J connectivity index is 1.65. The number of fused-ring (bicyclic) bond motifs is 2. The van der Waals surface area contributed by atoms with E-state index in [9.17, 15) is 0 Å². The van der Waals surface area contributed by atoms with Gasteiger partial charge in [-0.3, -0.25) is 0 Å². The van der Waals surface area contributed by atoms with Crippen molar-refractivity contribution in [2.45, 2.75) is 44.2 Å². The van der Waals surface area contributed by atoms with Crippen molar-refractivity contribution >= 4 is 0 Å². The third kappa shape index (κ3) is 3.44. The number of likely N-dealkylation sites (tertiary alicyclic amines) is 1. The summed E-state index contributed by atoms with van der Waals surface area (Å²) < 4.78 is 5.07. The van der Waals surface area contributed by atoms with Crippen LogP contribution in [0.1, 0.15) is 32.1 Å². The SMILES string of the molecule is COCCCCN1CCC2CCC(C1)N2.